The van der Waals surface area contributed by atoms with Gasteiger partial charge in [-0.3, -0.25) is 0 Å². The second kappa shape index (κ2) is 5.08. The summed E-state index contributed by atoms with van der Waals surface area (Å²) >= 11 is 0. The van der Waals surface area contributed by atoms with Crippen LogP contribution in [0.5, 0.6) is 0 Å². The van der Waals surface area contributed by atoms with Crippen molar-refractivity contribution in [2.75, 3.05) is 0 Å². The van der Waals surface area contributed by atoms with Crippen molar-refractivity contribution >= 4 is 27.3 Å². The molecule has 21 heavy (non-hydrogen) atoms. The van der Waals surface area contributed by atoms with E-state index < -0.39 is 11.0 Å². The van der Waals surface area contributed by atoms with E-state index in [0.717, 1.165) is 12.0 Å². The van der Waals surface area contributed by atoms with E-state index in [4.69, 9.17) is 0 Å². The van der Waals surface area contributed by atoms with Crippen LogP contribution in [0.2, 0.25) is 0 Å². The van der Waals surface area contributed by atoms with Crippen LogP contribution in [0.25, 0.3) is 16.3 Å². The summed E-state index contributed by atoms with van der Waals surface area (Å²) in [5, 5.41) is 2.47. The highest BCUT2D eigenvalue weighted by Gasteiger charge is 2.28. The molecule has 3 heteroatoms. The average molecular weight is 299 g/mol. The zero-order valence-corrected chi connectivity index (χ0v) is 13.6. The lowest BCUT2D eigenvalue weighted by atomic mass is 9.83. The van der Waals surface area contributed by atoms with E-state index in [-0.39, 0.29) is 10.8 Å². The molecule has 0 saturated heterocycles. The maximum atomic E-state index is 12.4. The Kier molecular flexibility index (Phi) is 3.50. The van der Waals surface area contributed by atoms with Crippen LogP contribution in [0.3, 0.4) is 0 Å². The second-order valence-electron chi connectivity index (χ2n) is 6.61. The van der Waals surface area contributed by atoms with Gasteiger partial charge in [0, 0.05) is 6.04 Å². The summed E-state index contributed by atoms with van der Waals surface area (Å²) in [4.78, 5) is 0. The van der Waals surface area contributed by atoms with E-state index in [2.05, 4.69) is 47.7 Å². The molecule has 0 spiro atoms. The highest BCUT2D eigenvalue weighted by Crippen LogP contribution is 2.40. The topological polar surface area (TPSA) is 29.1 Å². The Balaban J connectivity index is 2.09. The van der Waals surface area contributed by atoms with Gasteiger partial charge in [0.1, 0.15) is 0 Å². The molecule has 110 valence electrons. The van der Waals surface area contributed by atoms with Crippen molar-refractivity contribution in [3.05, 3.63) is 54.1 Å². The van der Waals surface area contributed by atoms with Gasteiger partial charge in [0.25, 0.3) is 0 Å². The summed E-state index contributed by atoms with van der Waals surface area (Å²) in [6, 6.07) is 12.7. The van der Waals surface area contributed by atoms with E-state index in [1.807, 2.05) is 20.8 Å². The van der Waals surface area contributed by atoms with Gasteiger partial charge in [-0.25, -0.2) is 8.93 Å². The lowest BCUT2D eigenvalue weighted by molar-refractivity contribution is 0.604. The summed E-state index contributed by atoms with van der Waals surface area (Å²) in [5.41, 5.74) is 3.57. The molecular weight excluding hydrogens is 278 g/mol. The molecule has 3 rings (SSSR count). The minimum absolute atomic E-state index is 0.0659. The number of hydrogen-bond donors (Lipinski definition) is 1. The highest BCUT2D eigenvalue weighted by atomic mass is 32.2. The second-order valence-corrected chi connectivity index (χ2v) is 8.61. The first-order valence-electron chi connectivity index (χ1n) is 7.26. The highest BCUT2D eigenvalue weighted by molar-refractivity contribution is 7.84. The molecule has 0 bridgehead atoms. The standard InChI is InChI=1S/C18H21NOS/c1-12-11-16(19-21(20)18(2,3)4)15-10-6-8-13-7-5-9-14(12)17(13)15/h5-10,16,19H,1,11H2,2-4H3/t16-,21?/m0/s1. The largest absolute Gasteiger partial charge is 0.242 e. The van der Waals surface area contributed by atoms with Crippen LogP contribution in [-0.2, 0) is 11.0 Å². The molecule has 0 amide bonds. The predicted molar refractivity (Wildman–Crippen MR) is 91.4 cm³/mol. The molecular formula is C18H21NOS. The predicted octanol–water partition coefficient (Wildman–Crippen LogP) is 4.35. The van der Waals surface area contributed by atoms with E-state index in [0.29, 0.717) is 0 Å². The summed E-state index contributed by atoms with van der Waals surface area (Å²) in [6.07, 6.45) is 0.804. The number of rotatable bonds is 2. The molecule has 0 aromatic heterocycles. The molecule has 2 nitrogen and oxygen atoms in total. The first-order chi connectivity index (χ1) is 9.88. The Morgan fingerprint density at radius 3 is 2.52 bits per heavy atom. The molecule has 1 aliphatic carbocycles. The van der Waals surface area contributed by atoms with Crippen LogP contribution in [-0.4, -0.2) is 8.96 Å². The van der Waals surface area contributed by atoms with Crippen LogP contribution < -0.4 is 4.72 Å². The molecule has 2 aromatic rings. The van der Waals surface area contributed by atoms with Gasteiger partial charge in [-0.05, 0) is 54.7 Å². The molecule has 1 N–H and O–H groups in total. The van der Waals surface area contributed by atoms with Gasteiger partial charge in [-0.15, -0.1) is 0 Å². The molecule has 0 heterocycles. The fourth-order valence-electron chi connectivity index (χ4n) is 2.83. The normalized spacial score (nSPS) is 19.8. The Morgan fingerprint density at radius 2 is 1.86 bits per heavy atom. The summed E-state index contributed by atoms with van der Waals surface area (Å²) in [7, 11) is -1.09. The fourth-order valence-corrected chi connectivity index (χ4v) is 3.65. The van der Waals surface area contributed by atoms with Crippen molar-refractivity contribution in [3.8, 4) is 0 Å². The number of nitrogens with one attached hydrogen (secondary N) is 1. The van der Waals surface area contributed by atoms with Crippen molar-refractivity contribution in [2.24, 2.45) is 0 Å². The molecule has 2 atom stereocenters. The first kappa shape index (κ1) is 14.5. The SMILES string of the molecule is C=C1C[C@H](NS(=O)C(C)(C)C)c2cccc3cccc1c23. The molecule has 0 aliphatic heterocycles. The van der Waals surface area contributed by atoms with Crippen LogP contribution in [0.1, 0.15) is 44.4 Å². The summed E-state index contributed by atoms with van der Waals surface area (Å²) < 4.78 is 15.5. The van der Waals surface area contributed by atoms with Crippen LogP contribution in [0.15, 0.2) is 43.0 Å². The summed E-state index contributed by atoms with van der Waals surface area (Å²) in [6.45, 7) is 10.2. The average Bonchev–Trinajstić information content (AvgIpc) is 2.43. The lowest BCUT2D eigenvalue weighted by Crippen LogP contribution is -2.36. The third-order valence-electron chi connectivity index (χ3n) is 3.95. The minimum atomic E-state index is -1.09. The minimum Gasteiger partial charge on any atom is -0.242 e. The third-order valence-corrected chi connectivity index (χ3v) is 5.56. The smallest absolute Gasteiger partial charge is 0.0976 e. The maximum absolute atomic E-state index is 12.4. The van der Waals surface area contributed by atoms with Crippen molar-refractivity contribution in [1.82, 2.24) is 4.72 Å². The molecule has 0 fully saturated rings. The first-order valence-corrected chi connectivity index (χ1v) is 8.41. The lowest BCUT2D eigenvalue weighted by Gasteiger charge is -2.30. The molecule has 0 radical (unpaired) electrons. The molecule has 1 aliphatic rings. The van der Waals surface area contributed by atoms with Gasteiger partial charge in [-0.2, -0.15) is 0 Å². The van der Waals surface area contributed by atoms with Gasteiger partial charge in [-0.1, -0.05) is 43.0 Å². The molecule has 2 aromatic carbocycles. The Bertz CT molecular complexity index is 737. The number of benzene rings is 2. The van der Waals surface area contributed by atoms with Crippen LogP contribution >= 0.6 is 0 Å². The van der Waals surface area contributed by atoms with Crippen LogP contribution in [0.4, 0.5) is 0 Å². The maximum Gasteiger partial charge on any atom is 0.0976 e. The number of hydrogen-bond acceptors (Lipinski definition) is 1. The van der Waals surface area contributed by atoms with Crippen LogP contribution in [0, 0.1) is 0 Å². The van der Waals surface area contributed by atoms with E-state index >= 15 is 0 Å². The van der Waals surface area contributed by atoms with Crippen molar-refractivity contribution in [1.29, 1.82) is 0 Å². The Morgan fingerprint density at radius 1 is 1.19 bits per heavy atom. The van der Waals surface area contributed by atoms with Gasteiger partial charge in [0.2, 0.25) is 0 Å². The Hall–Kier alpha value is -1.45. The van der Waals surface area contributed by atoms with E-state index in [1.165, 1.54) is 21.9 Å². The fraction of sp³-hybridized carbons (Fsp3) is 0.333. The van der Waals surface area contributed by atoms with E-state index in [9.17, 15) is 4.21 Å². The quantitative estimate of drug-likeness (QED) is 0.877. The monoisotopic (exact) mass is 299 g/mol. The third kappa shape index (κ3) is 2.56. The van der Waals surface area contributed by atoms with Gasteiger partial charge < -0.3 is 0 Å². The Labute approximate surface area is 128 Å². The van der Waals surface area contributed by atoms with Gasteiger partial charge in [0.15, 0.2) is 0 Å². The summed E-state index contributed by atoms with van der Waals surface area (Å²) in [5.74, 6) is 0. The van der Waals surface area contributed by atoms with Crippen molar-refractivity contribution in [2.45, 2.75) is 38.0 Å². The van der Waals surface area contributed by atoms with Crippen molar-refractivity contribution in [3.63, 3.8) is 0 Å². The zero-order chi connectivity index (χ0) is 15.2. The molecule has 1 unspecified atom stereocenters. The zero-order valence-electron chi connectivity index (χ0n) is 12.8. The molecule has 0 saturated carbocycles. The van der Waals surface area contributed by atoms with Crippen molar-refractivity contribution < 1.29 is 4.21 Å². The van der Waals surface area contributed by atoms with Gasteiger partial charge in [0.05, 0.1) is 15.7 Å². The van der Waals surface area contributed by atoms with E-state index in [1.54, 1.807) is 0 Å². The van der Waals surface area contributed by atoms with Gasteiger partial charge >= 0.3 is 0 Å².